The number of esters is 1. The van der Waals surface area contributed by atoms with Crippen LogP contribution in [-0.2, 0) is 16.5 Å². The summed E-state index contributed by atoms with van der Waals surface area (Å²) in [4.78, 5) is 48.8. The number of carbonyl (C=O) groups is 2. The van der Waals surface area contributed by atoms with Crippen molar-refractivity contribution in [3.05, 3.63) is 85.6 Å². The molecule has 0 aliphatic carbocycles. The molecule has 3 heterocycles. The smallest absolute Gasteiger partial charge is 0.416 e. The molecule has 0 aliphatic rings. The number of nitrogens with zero attached hydrogens (tertiary/aromatic N) is 6. The van der Waals surface area contributed by atoms with E-state index in [-0.39, 0.29) is 40.6 Å². The van der Waals surface area contributed by atoms with Gasteiger partial charge in [0.1, 0.15) is 16.3 Å². The predicted molar refractivity (Wildman–Crippen MR) is 184 cm³/mol. The molecule has 4 aromatic rings. The van der Waals surface area contributed by atoms with Gasteiger partial charge in [0.15, 0.2) is 5.69 Å². The molecule has 0 saturated heterocycles. The molecule has 13 nitrogen and oxygen atoms in total. The van der Waals surface area contributed by atoms with Crippen LogP contribution in [0.5, 0.6) is 5.88 Å². The number of benzene rings is 1. The lowest BCUT2D eigenvalue weighted by Gasteiger charge is -2.25. The second kappa shape index (κ2) is 14.7. The van der Waals surface area contributed by atoms with Crippen molar-refractivity contribution in [1.82, 2.24) is 24.3 Å². The zero-order valence-corrected chi connectivity index (χ0v) is 29.8. The van der Waals surface area contributed by atoms with Gasteiger partial charge in [-0.1, -0.05) is 49.2 Å². The van der Waals surface area contributed by atoms with Gasteiger partial charge >= 0.3 is 12.1 Å². The number of halogens is 2. The van der Waals surface area contributed by atoms with E-state index in [9.17, 15) is 14.4 Å². The Hall–Kier alpha value is -4.62. The number of aryl methyl sites for hydroxylation is 1. The number of rotatable bonds is 10. The maximum atomic E-state index is 13.6. The number of nitrogens with one attached hydrogen (secondary N) is 1. The fourth-order valence-corrected chi connectivity index (χ4v) is 5.31. The van der Waals surface area contributed by atoms with Crippen LogP contribution in [0.2, 0.25) is 10.0 Å². The number of amides is 1. The highest BCUT2D eigenvalue weighted by Crippen LogP contribution is 2.38. The number of hydrogen-bond donors (Lipinski definition) is 1. The molecule has 1 amide bonds. The molecule has 1 N–H and O–H groups in total. The number of methoxy groups -OCH3 is 1. The number of pyridine rings is 1. The van der Waals surface area contributed by atoms with Crippen LogP contribution >= 0.6 is 23.2 Å². The average Bonchev–Trinajstić information content (AvgIpc) is 3.42. The monoisotopic (exact) mass is 699 g/mol. The standard InChI is InChI=1S/C33H39Cl2N7O6/c1-10-47-30(44)26-24(25(19-11-13-20(34)14-12-19)37-21-15-22(35)29(43)40(7)17-21)27(18(2)3)42(39-26)23-16-36-31(38-28(23)46-9)41(8)32(45)48-33(4,5)6/h11-18,25,37H,10H2,1-9H3. The molecule has 0 radical (unpaired) electrons. The van der Waals surface area contributed by atoms with Crippen molar-refractivity contribution in [3.8, 4) is 11.6 Å². The van der Waals surface area contributed by atoms with Crippen molar-refractivity contribution in [3.63, 3.8) is 0 Å². The first-order valence-corrected chi connectivity index (χ1v) is 15.9. The third-order valence-electron chi connectivity index (χ3n) is 7.03. The summed E-state index contributed by atoms with van der Waals surface area (Å²) in [6.07, 6.45) is 2.41. The van der Waals surface area contributed by atoms with Crippen LogP contribution in [-0.4, -0.2) is 62.7 Å². The fraction of sp³-hybridized carbons (Fsp3) is 0.394. The van der Waals surface area contributed by atoms with Crippen molar-refractivity contribution >= 4 is 46.9 Å². The van der Waals surface area contributed by atoms with Gasteiger partial charge in [0.2, 0.25) is 11.8 Å². The van der Waals surface area contributed by atoms with E-state index in [1.807, 2.05) is 26.0 Å². The Morgan fingerprint density at radius 3 is 2.35 bits per heavy atom. The normalized spacial score (nSPS) is 12.1. The summed E-state index contributed by atoms with van der Waals surface area (Å²) in [6, 6.07) is 7.92. The Morgan fingerprint density at radius 1 is 1.12 bits per heavy atom. The first-order valence-electron chi connectivity index (χ1n) is 15.1. The summed E-state index contributed by atoms with van der Waals surface area (Å²) in [5, 5.41) is 8.76. The molecular formula is C33H39Cl2N7O6. The van der Waals surface area contributed by atoms with Crippen LogP contribution in [0.3, 0.4) is 0 Å². The third kappa shape index (κ3) is 7.91. The van der Waals surface area contributed by atoms with E-state index in [0.29, 0.717) is 27.7 Å². The summed E-state index contributed by atoms with van der Waals surface area (Å²) in [5.41, 5.74) is 1.58. The van der Waals surface area contributed by atoms with Crippen LogP contribution in [0.15, 0.2) is 47.5 Å². The van der Waals surface area contributed by atoms with Gasteiger partial charge in [0.25, 0.3) is 5.56 Å². The Balaban J connectivity index is 1.98. The number of carbonyl (C=O) groups excluding carboxylic acids is 2. The molecule has 1 atom stereocenters. The van der Waals surface area contributed by atoms with E-state index < -0.39 is 23.7 Å². The van der Waals surface area contributed by atoms with Gasteiger partial charge in [-0.25, -0.2) is 24.2 Å². The second-order valence-electron chi connectivity index (χ2n) is 12.2. The van der Waals surface area contributed by atoms with Gasteiger partial charge < -0.3 is 24.1 Å². The zero-order valence-electron chi connectivity index (χ0n) is 28.3. The number of aromatic nitrogens is 5. The van der Waals surface area contributed by atoms with Crippen molar-refractivity contribution in [2.75, 3.05) is 31.0 Å². The lowest BCUT2D eigenvalue weighted by molar-refractivity contribution is 0.0516. The van der Waals surface area contributed by atoms with E-state index >= 15 is 0 Å². The summed E-state index contributed by atoms with van der Waals surface area (Å²) in [7, 11) is 4.51. The quantitative estimate of drug-likeness (QED) is 0.181. The highest BCUT2D eigenvalue weighted by Gasteiger charge is 2.34. The van der Waals surface area contributed by atoms with Gasteiger partial charge in [-0.15, -0.1) is 0 Å². The van der Waals surface area contributed by atoms with Crippen LogP contribution in [0.25, 0.3) is 5.69 Å². The number of ether oxygens (including phenoxy) is 3. The molecule has 4 rings (SSSR count). The van der Waals surface area contributed by atoms with E-state index in [4.69, 9.17) is 42.5 Å². The number of anilines is 2. The Morgan fingerprint density at radius 2 is 1.79 bits per heavy atom. The minimum Gasteiger partial charge on any atom is -0.479 e. The molecule has 3 aromatic heterocycles. The van der Waals surface area contributed by atoms with E-state index in [1.54, 1.807) is 57.8 Å². The van der Waals surface area contributed by atoms with E-state index in [0.717, 1.165) is 10.5 Å². The van der Waals surface area contributed by atoms with Crippen molar-refractivity contribution in [1.29, 1.82) is 0 Å². The summed E-state index contributed by atoms with van der Waals surface area (Å²) in [5.74, 6) is -0.776. The van der Waals surface area contributed by atoms with Crippen molar-refractivity contribution in [2.24, 2.45) is 7.05 Å². The minimum atomic E-state index is -0.731. The molecule has 48 heavy (non-hydrogen) atoms. The Bertz CT molecular complexity index is 1840. The maximum absolute atomic E-state index is 13.6. The lowest BCUT2D eigenvalue weighted by atomic mass is 9.92. The van der Waals surface area contributed by atoms with Crippen molar-refractivity contribution < 1.29 is 23.8 Å². The maximum Gasteiger partial charge on any atom is 0.416 e. The minimum absolute atomic E-state index is 0.0149. The van der Waals surface area contributed by atoms with Crippen LogP contribution in [0, 0.1) is 0 Å². The first-order chi connectivity index (χ1) is 22.6. The Labute approximate surface area is 288 Å². The average molecular weight is 701 g/mol. The summed E-state index contributed by atoms with van der Waals surface area (Å²) < 4.78 is 19.5. The second-order valence-corrected chi connectivity index (χ2v) is 13.0. The zero-order chi connectivity index (χ0) is 35.5. The molecule has 0 aliphatic heterocycles. The molecule has 1 unspecified atom stereocenters. The molecule has 15 heteroatoms. The van der Waals surface area contributed by atoms with Crippen LogP contribution < -0.4 is 20.5 Å². The van der Waals surface area contributed by atoms with Gasteiger partial charge in [-0.05, 0) is 57.4 Å². The molecule has 0 spiro atoms. The molecule has 0 saturated carbocycles. The van der Waals surface area contributed by atoms with E-state index in [1.165, 1.54) is 31.0 Å². The molecular weight excluding hydrogens is 661 g/mol. The molecule has 0 fully saturated rings. The summed E-state index contributed by atoms with van der Waals surface area (Å²) >= 11 is 12.5. The van der Waals surface area contributed by atoms with Gasteiger partial charge in [-0.2, -0.15) is 10.1 Å². The molecule has 256 valence electrons. The van der Waals surface area contributed by atoms with Crippen LogP contribution in [0.1, 0.15) is 80.8 Å². The lowest BCUT2D eigenvalue weighted by Crippen LogP contribution is -2.35. The highest BCUT2D eigenvalue weighted by molar-refractivity contribution is 6.30. The number of hydrogen-bond acceptors (Lipinski definition) is 10. The van der Waals surface area contributed by atoms with Crippen LogP contribution in [0.4, 0.5) is 16.4 Å². The van der Waals surface area contributed by atoms with E-state index in [2.05, 4.69) is 15.3 Å². The topological polar surface area (TPSA) is 143 Å². The van der Waals surface area contributed by atoms with Gasteiger partial charge in [0.05, 0.1) is 37.3 Å². The van der Waals surface area contributed by atoms with Crippen molar-refractivity contribution in [2.45, 2.75) is 59.1 Å². The summed E-state index contributed by atoms with van der Waals surface area (Å²) in [6.45, 7) is 11.0. The molecule has 0 bridgehead atoms. The molecule has 1 aromatic carbocycles. The van der Waals surface area contributed by atoms with Gasteiger partial charge in [-0.3, -0.25) is 4.79 Å². The first kappa shape index (κ1) is 36.2. The SMILES string of the molecule is CCOC(=O)c1nn(-c2cnc(N(C)C(=O)OC(C)(C)C)nc2OC)c(C(C)C)c1C(Nc1cc(Cl)c(=O)n(C)c1)c1ccc(Cl)cc1. The van der Waals surface area contributed by atoms with Gasteiger partial charge in [0, 0.05) is 30.9 Å². The highest BCUT2D eigenvalue weighted by atomic mass is 35.5. The predicted octanol–water partition coefficient (Wildman–Crippen LogP) is 6.55. The largest absolute Gasteiger partial charge is 0.479 e. The third-order valence-corrected chi connectivity index (χ3v) is 7.55. The fourth-order valence-electron chi connectivity index (χ4n) is 4.93. The Kier molecular flexibility index (Phi) is 11.1.